The van der Waals surface area contributed by atoms with Gasteiger partial charge in [0.15, 0.2) is 5.69 Å². The van der Waals surface area contributed by atoms with Crippen molar-refractivity contribution in [2.75, 3.05) is 0 Å². The highest BCUT2D eigenvalue weighted by Gasteiger charge is 2.22. The predicted molar refractivity (Wildman–Crippen MR) is 74.7 cm³/mol. The van der Waals surface area contributed by atoms with Gasteiger partial charge in [-0.15, -0.1) is 11.3 Å². The van der Waals surface area contributed by atoms with Crippen LogP contribution in [0.15, 0.2) is 16.5 Å². The number of hydrogen-bond donors (Lipinski definition) is 2. The van der Waals surface area contributed by atoms with Gasteiger partial charge in [-0.1, -0.05) is 0 Å². The Labute approximate surface area is 114 Å². The number of aryl methyl sites for hydroxylation is 2. The first-order chi connectivity index (χ1) is 9.25. The molecule has 2 heterocycles. The Morgan fingerprint density at radius 1 is 1.58 bits per heavy atom. The molecule has 0 unspecified atom stereocenters. The third-order valence-electron chi connectivity index (χ3n) is 3.27. The van der Waals surface area contributed by atoms with E-state index >= 15 is 0 Å². The first-order valence-corrected chi connectivity index (χ1v) is 7.07. The standard InChI is InChI=1S/C13H14N4OS/c1-8-5-6-19-11(8)7-14-17-13(18)12-9-3-2-4-10(9)15-16-12/h5-7H,2-4H2,1H3,(H,15,16)(H,17,18)/b14-7+. The predicted octanol–water partition coefficient (Wildman–Crippen LogP) is 2.03. The van der Waals surface area contributed by atoms with Crippen molar-refractivity contribution < 1.29 is 4.79 Å². The molecule has 98 valence electrons. The molecule has 0 aromatic carbocycles. The van der Waals surface area contributed by atoms with E-state index in [1.165, 1.54) is 0 Å². The summed E-state index contributed by atoms with van der Waals surface area (Å²) in [5, 5.41) is 13.0. The SMILES string of the molecule is Cc1ccsc1/C=N/NC(=O)c1n[nH]c2c1CCC2. The Kier molecular flexibility index (Phi) is 3.16. The lowest BCUT2D eigenvalue weighted by molar-refractivity contribution is 0.0949. The highest BCUT2D eigenvalue weighted by atomic mass is 32.1. The Morgan fingerprint density at radius 3 is 3.26 bits per heavy atom. The number of carbonyl (C=O) groups excluding carboxylic acids is 1. The van der Waals surface area contributed by atoms with Gasteiger partial charge in [0.1, 0.15) is 0 Å². The topological polar surface area (TPSA) is 70.1 Å². The lowest BCUT2D eigenvalue weighted by Gasteiger charge is -1.97. The van der Waals surface area contributed by atoms with E-state index in [0.717, 1.165) is 41.0 Å². The minimum Gasteiger partial charge on any atom is -0.281 e. The third kappa shape index (κ3) is 2.31. The van der Waals surface area contributed by atoms with E-state index in [0.29, 0.717) is 5.69 Å². The number of aromatic nitrogens is 2. The summed E-state index contributed by atoms with van der Waals surface area (Å²) >= 11 is 1.60. The normalized spacial score (nSPS) is 13.9. The van der Waals surface area contributed by atoms with Gasteiger partial charge >= 0.3 is 0 Å². The molecule has 6 heteroatoms. The van der Waals surface area contributed by atoms with Crippen LogP contribution in [0.25, 0.3) is 0 Å². The zero-order chi connectivity index (χ0) is 13.2. The number of nitrogens with one attached hydrogen (secondary N) is 2. The summed E-state index contributed by atoms with van der Waals surface area (Å²) in [6.45, 7) is 2.01. The van der Waals surface area contributed by atoms with Gasteiger partial charge in [0.05, 0.1) is 6.21 Å². The van der Waals surface area contributed by atoms with Crippen LogP contribution in [0.4, 0.5) is 0 Å². The van der Waals surface area contributed by atoms with Crippen LogP contribution in [0.5, 0.6) is 0 Å². The van der Waals surface area contributed by atoms with Crippen LogP contribution in [0.2, 0.25) is 0 Å². The summed E-state index contributed by atoms with van der Waals surface area (Å²) in [5.41, 5.74) is 6.30. The van der Waals surface area contributed by atoms with E-state index in [2.05, 4.69) is 20.7 Å². The first kappa shape index (κ1) is 12.1. The zero-order valence-electron chi connectivity index (χ0n) is 10.6. The van der Waals surface area contributed by atoms with Gasteiger partial charge in [-0.25, -0.2) is 5.43 Å². The van der Waals surface area contributed by atoms with Gasteiger partial charge in [0, 0.05) is 16.1 Å². The van der Waals surface area contributed by atoms with Crippen molar-refractivity contribution in [3.8, 4) is 0 Å². The summed E-state index contributed by atoms with van der Waals surface area (Å²) in [5.74, 6) is -0.246. The number of thiophene rings is 1. The van der Waals surface area contributed by atoms with E-state index < -0.39 is 0 Å². The van der Waals surface area contributed by atoms with Gasteiger partial charge in [0.25, 0.3) is 5.91 Å². The average Bonchev–Trinajstić information content (AvgIpc) is 3.05. The van der Waals surface area contributed by atoms with Gasteiger partial charge in [-0.3, -0.25) is 9.89 Å². The molecular weight excluding hydrogens is 260 g/mol. The van der Waals surface area contributed by atoms with Crippen molar-refractivity contribution in [1.29, 1.82) is 0 Å². The van der Waals surface area contributed by atoms with Crippen molar-refractivity contribution in [1.82, 2.24) is 15.6 Å². The largest absolute Gasteiger partial charge is 0.292 e. The summed E-state index contributed by atoms with van der Waals surface area (Å²) < 4.78 is 0. The lowest BCUT2D eigenvalue weighted by atomic mass is 10.2. The van der Waals surface area contributed by atoms with E-state index in [1.54, 1.807) is 17.6 Å². The molecule has 0 spiro atoms. The van der Waals surface area contributed by atoms with Crippen LogP contribution < -0.4 is 5.43 Å². The number of carbonyl (C=O) groups is 1. The summed E-state index contributed by atoms with van der Waals surface area (Å²) in [7, 11) is 0. The molecule has 1 aliphatic carbocycles. The molecule has 0 bridgehead atoms. The van der Waals surface area contributed by atoms with Crippen LogP contribution >= 0.6 is 11.3 Å². The molecule has 1 amide bonds. The second-order valence-corrected chi connectivity index (χ2v) is 5.50. The fraction of sp³-hybridized carbons (Fsp3) is 0.308. The summed E-state index contributed by atoms with van der Waals surface area (Å²) in [6, 6.07) is 2.02. The summed E-state index contributed by atoms with van der Waals surface area (Å²) in [6.07, 6.45) is 4.65. The quantitative estimate of drug-likeness (QED) is 0.664. The number of aromatic amines is 1. The van der Waals surface area contributed by atoms with Crippen molar-refractivity contribution in [2.45, 2.75) is 26.2 Å². The molecule has 2 aromatic rings. The average molecular weight is 274 g/mol. The highest BCUT2D eigenvalue weighted by molar-refractivity contribution is 7.11. The number of hydrogen-bond acceptors (Lipinski definition) is 4. The zero-order valence-corrected chi connectivity index (χ0v) is 11.4. The molecule has 19 heavy (non-hydrogen) atoms. The van der Waals surface area contributed by atoms with Crippen LogP contribution in [0.3, 0.4) is 0 Å². The maximum absolute atomic E-state index is 12.0. The molecule has 0 saturated carbocycles. The molecule has 0 fully saturated rings. The van der Waals surface area contributed by atoms with E-state index in [9.17, 15) is 4.79 Å². The van der Waals surface area contributed by atoms with Gasteiger partial charge in [-0.05, 0) is 43.2 Å². The van der Waals surface area contributed by atoms with Crippen LogP contribution in [0.1, 0.15) is 38.6 Å². The van der Waals surface area contributed by atoms with Gasteiger partial charge in [0.2, 0.25) is 0 Å². The smallest absolute Gasteiger partial charge is 0.281 e. The first-order valence-electron chi connectivity index (χ1n) is 6.19. The molecule has 3 rings (SSSR count). The van der Waals surface area contributed by atoms with Crippen molar-refractivity contribution in [2.24, 2.45) is 5.10 Å². The monoisotopic (exact) mass is 274 g/mol. The van der Waals surface area contributed by atoms with Crippen LogP contribution in [-0.2, 0) is 12.8 Å². The molecular formula is C13H14N4OS. The molecule has 0 radical (unpaired) electrons. The highest BCUT2D eigenvalue weighted by Crippen LogP contribution is 2.22. The maximum atomic E-state index is 12.0. The Bertz CT molecular complexity index is 641. The molecule has 0 aliphatic heterocycles. The Hall–Kier alpha value is -1.95. The number of fused-ring (bicyclic) bond motifs is 1. The molecule has 2 aromatic heterocycles. The second kappa shape index (κ2) is 4.97. The number of H-pyrrole nitrogens is 1. The maximum Gasteiger partial charge on any atom is 0.292 e. The number of hydrazone groups is 1. The fourth-order valence-electron chi connectivity index (χ4n) is 2.23. The van der Waals surface area contributed by atoms with E-state index in [4.69, 9.17) is 0 Å². The minimum absolute atomic E-state index is 0.246. The molecule has 0 saturated heterocycles. The van der Waals surface area contributed by atoms with Gasteiger partial charge in [-0.2, -0.15) is 10.2 Å². The minimum atomic E-state index is -0.246. The van der Waals surface area contributed by atoms with Gasteiger partial charge < -0.3 is 0 Å². The fourth-order valence-corrected chi connectivity index (χ4v) is 3.01. The second-order valence-electron chi connectivity index (χ2n) is 4.55. The lowest BCUT2D eigenvalue weighted by Crippen LogP contribution is -2.19. The van der Waals surface area contributed by atoms with Crippen LogP contribution in [-0.4, -0.2) is 22.3 Å². The molecule has 0 atom stereocenters. The Balaban J connectivity index is 1.69. The number of nitrogens with zero attached hydrogens (tertiary/aromatic N) is 2. The van der Waals surface area contributed by atoms with Crippen molar-refractivity contribution >= 4 is 23.5 Å². The summed E-state index contributed by atoms with van der Waals surface area (Å²) in [4.78, 5) is 13.0. The molecule has 1 aliphatic rings. The molecule has 5 nitrogen and oxygen atoms in total. The Morgan fingerprint density at radius 2 is 2.47 bits per heavy atom. The number of rotatable bonds is 3. The van der Waals surface area contributed by atoms with Crippen LogP contribution in [0, 0.1) is 6.92 Å². The van der Waals surface area contributed by atoms with Crippen molar-refractivity contribution in [3.05, 3.63) is 38.8 Å². The van der Waals surface area contributed by atoms with Crippen molar-refractivity contribution in [3.63, 3.8) is 0 Å². The third-order valence-corrected chi connectivity index (χ3v) is 4.22. The van der Waals surface area contributed by atoms with E-state index in [1.807, 2.05) is 18.4 Å². The molecule has 2 N–H and O–H groups in total. The van der Waals surface area contributed by atoms with E-state index in [-0.39, 0.29) is 5.91 Å². The number of amides is 1.